The lowest BCUT2D eigenvalue weighted by Crippen LogP contribution is -2.31. The monoisotopic (exact) mass is 546 g/mol. The number of imidazole rings is 1. The van der Waals surface area contributed by atoms with Gasteiger partial charge >= 0.3 is 5.69 Å². The lowest BCUT2D eigenvalue weighted by molar-refractivity contribution is 0.665. The summed E-state index contributed by atoms with van der Waals surface area (Å²) in [6, 6.07) is 26.1. The van der Waals surface area contributed by atoms with Crippen molar-refractivity contribution in [1.29, 1.82) is 0 Å². The van der Waals surface area contributed by atoms with Crippen molar-refractivity contribution >= 4 is 11.2 Å². The van der Waals surface area contributed by atoms with Crippen LogP contribution in [0.1, 0.15) is 36.7 Å². The molecule has 0 bridgehead atoms. The molecule has 6 rings (SSSR count). The van der Waals surface area contributed by atoms with Crippen molar-refractivity contribution < 1.29 is 0 Å². The Morgan fingerprint density at radius 2 is 1.56 bits per heavy atom. The van der Waals surface area contributed by atoms with E-state index in [0.717, 1.165) is 46.5 Å². The number of benzene rings is 3. The normalized spacial score (nSPS) is 11.3. The molecule has 0 radical (unpaired) electrons. The number of nitrogens with one attached hydrogen (secondary N) is 2. The Hall–Kier alpha value is -5.12. The zero-order valence-corrected chi connectivity index (χ0v) is 22.7. The molecular weight excluding hydrogens is 516 g/mol. The van der Waals surface area contributed by atoms with Crippen LogP contribution < -0.4 is 11.2 Å². The van der Waals surface area contributed by atoms with Crippen LogP contribution in [0.25, 0.3) is 33.7 Å². The van der Waals surface area contributed by atoms with E-state index >= 15 is 0 Å². The van der Waals surface area contributed by atoms with Crippen LogP contribution in [0, 0.1) is 0 Å². The maximum absolute atomic E-state index is 13.2. The third kappa shape index (κ3) is 5.36. The fourth-order valence-corrected chi connectivity index (χ4v) is 5.18. The second-order valence-electron chi connectivity index (χ2n) is 10.0. The molecule has 0 amide bonds. The number of tetrazole rings is 1. The first kappa shape index (κ1) is 26.1. The number of hydrogen-bond donors (Lipinski definition) is 2. The van der Waals surface area contributed by atoms with Crippen molar-refractivity contribution in [2.75, 3.05) is 0 Å². The van der Waals surface area contributed by atoms with E-state index in [-0.39, 0.29) is 0 Å². The number of fused-ring (bicyclic) bond motifs is 1. The Morgan fingerprint density at radius 3 is 2.29 bits per heavy atom. The van der Waals surface area contributed by atoms with Gasteiger partial charge in [0.05, 0.1) is 0 Å². The molecule has 2 N–H and O–H groups in total. The van der Waals surface area contributed by atoms with E-state index < -0.39 is 11.2 Å². The van der Waals surface area contributed by atoms with Gasteiger partial charge in [-0.25, -0.2) is 9.78 Å². The maximum Gasteiger partial charge on any atom is 0.330 e. The molecule has 0 saturated heterocycles. The average molecular weight is 547 g/mol. The van der Waals surface area contributed by atoms with Gasteiger partial charge in [-0.3, -0.25) is 14.3 Å². The summed E-state index contributed by atoms with van der Waals surface area (Å²) in [6.45, 7) is 3.01. The van der Waals surface area contributed by atoms with Gasteiger partial charge in [-0.15, -0.1) is 10.2 Å². The predicted molar refractivity (Wildman–Crippen MR) is 158 cm³/mol. The summed E-state index contributed by atoms with van der Waals surface area (Å²) in [5.41, 5.74) is 5.05. The Balaban J connectivity index is 1.36. The van der Waals surface area contributed by atoms with Crippen molar-refractivity contribution in [3.63, 3.8) is 0 Å². The second kappa shape index (κ2) is 11.5. The molecule has 0 atom stereocenters. The lowest BCUT2D eigenvalue weighted by Gasteiger charge is -2.11. The number of aromatic nitrogens is 8. The fourth-order valence-electron chi connectivity index (χ4n) is 5.18. The Morgan fingerprint density at radius 1 is 0.805 bits per heavy atom. The van der Waals surface area contributed by atoms with Crippen LogP contribution in [0.3, 0.4) is 0 Å². The van der Waals surface area contributed by atoms with E-state index in [1.54, 1.807) is 4.57 Å². The maximum atomic E-state index is 13.2. The van der Waals surface area contributed by atoms with Crippen LogP contribution in [0.5, 0.6) is 0 Å². The third-order valence-corrected chi connectivity index (χ3v) is 7.30. The van der Waals surface area contributed by atoms with E-state index in [9.17, 15) is 9.59 Å². The highest BCUT2D eigenvalue weighted by Crippen LogP contribution is 2.30. The molecule has 3 heterocycles. The number of rotatable bonds is 10. The van der Waals surface area contributed by atoms with Crippen LogP contribution in [0.2, 0.25) is 0 Å². The number of unbranched alkanes of at least 4 members (excludes halogenated alkanes) is 1. The number of nitrogens with zero attached hydrogens (tertiary/aromatic N) is 6. The Labute approximate surface area is 235 Å². The third-order valence-electron chi connectivity index (χ3n) is 7.30. The smallest absolute Gasteiger partial charge is 0.318 e. The van der Waals surface area contributed by atoms with Crippen molar-refractivity contribution in [2.24, 2.45) is 0 Å². The van der Waals surface area contributed by atoms with Gasteiger partial charge in [-0.2, -0.15) is 5.21 Å². The van der Waals surface area contributed by atoms with E-state index in [2.05, 4.69) is 56.8 Å². The van der Waals surface area contributed by atoms with Crippen LogP contribution in [-0.4, -0.2) is 39.7 Å². The number of hydrogen-bond acceptors (Lipinski definition) is 6. The molecule has 0 unspecified atom stereocenters. The number of H-pyrrole nitrogens is 2. The zero-order chi connectivity index (χ0) is 28.2. The van der Waals surface area contributed by atoms with Crippen LogP contribution in [-0.2, 0) is 25.9 Å². The van der Waals surface area contributed by atoms with Gasteiger partial charge in [0.2, 0.25) is 5.82 Å². The summed E-state index contributed by atoms with van der Waals surface area (Å²) in [5.74, 6) is 1.34. The standard InChI is InChI=1S/C31H30N8O2/c1-2-3-13-26-32-29-27(30(40)33-31(41)38(29)19-18-21-9-5-4-6-10-21)39(26)20-22-14-16-23(17-15-22)24-11-7-8-12-25(24)28-34-36-37-35-28/h4-12,14-17H,2-3,13,18-20H2,1H3,(H,33,40,41)(H,34,35,36,37). The molecule has 10 nitrogen and oxygen atoms in total. The van der Waals surface area contributed by atoms with E-state index in [1.165, 1.54) is 0 Å². The Bertz CT molecular complexity index is 1890. The first-order valence-corrected chi connectivity index (χ1v) is 13.8. The highest BCUT2D eigenvalue weighted by atomic mass is 16.2. The first-order chi connectivity index (χ1) is 20.1. The molecule has 0 aliphatic heterocycles. The predicted octanol–water partition coefficient (Wildman–Crippen LogP) is 4.37. The van der Waals surface area contributed by atoms with E-state index in [1.807, 2.05) is 59.2 Å². The molecule has 0 saturated carbocycles. The topological polar surface area (TPSA) is 127 Å². The number of aryl methyl sites for hydroxylation is 3. The summed E-state index contributed by atoms with van der Waals surface area (Å²) >= 11 is 0. The quantitative estimate of drug-likeness (QED) is 0.263. The van der Waals surface area contributed by atoms with Crippen molar-refractivity contribution in [3.05, 3.63) is 117 Å². The molecular formula is C31H30N8O2. The van der Waals surface area contributed by atoms with Gasteiger partial charge in [0.1, 0.15) is 5.82 Å². The lowest BCUT2D eigenvalue weighted by atomic mass is 9.98. The molecule has 0 aliphatic carbocycles. The Kier molecular flexibility index (Phi) is 7.36. The first-order valence-electron chi connectivity index (χ1n) is 13.8. The van der Waals surface area contributed by atoms with Crippen molar-refractivity contribution in [1.82, 2.24) is 39.7 Å². The van der Waals surface area contributed by atoms with Crippen LogP contribution in [0.4, 0.5) is 0 Å². The van der Waals surface area contributed by atoms with Gasteiger partial charge in [0.15, 0.2) is 11.2 Å². The molecule has 0 fully saturated rings. The van der Waals surface area contributed by atoms with Gasteiger partial charge < -0.3 is 4.57 Å². The molecule has 6 aromatic rings. The van der Waals surface area contributed by atoms with Gasteiger partial charge in [-0.05, 0) is 40.3 Å². The minimum Gasteiger partial charge on any atom is -0.318 e. The molecule has 3 aromatic heterocycles. The largest absolute Gasteiger partial charge is 0.330 e. The molecule has 0 spiro atoms. The number of aromatic amines is 2. The van der Waals surface area contributed by atoms with E-state index in [0.29, 0.717) is 42.9 Å². The van der Waals surface area contributed by atoms with Gasteiger partial charge in [-0.1, -0.05) is 92.2 Å². The molecule has 41 heavy (non-hydrogen) atoms. The van der Waals surface area contributed by atoms with Crippen molar-refractivity contribution in [2.45, 2.75) is 45.7 Å². The average Bonchev–Trinajstić information content (AvgIpc) is 3.66. The fraction of sp³-hybridized carbons (Fsp3) is 0.226. The summed E-state index contributed by atoms with van der Waals surface area (Å²) < 4.78 is 3.55. The molecule has 3 aromatic carbocycles. The minimum absolute atomic E-state index is 0.415. The molecule has 10 heteroatoms. The molecule has 206 valence electrons. The van der Waals surface area contributed by atoms with Gasteiger partial charge in [0, 0.05) is 25.1 Å². The minimum atomic E-state index is -0.435. The van der Waals surface area contributed by atoms with Crippen LogP contribution in [0.15, 0.2) is 88.5 Å². The second-order valence-corrected chi connectivity index (χ2v) is 10.0. The van der Waals surface area contributed by atoms with Crippen LogP contribution >= 0.6 is 0 Å². The van der Waals surface area contributed by atoms with Crippen molar-refractivity contribution in [3.8, 4) is 22.5 Å². The van der Waals surface area contributed by atoms with E-state index in [4.69, 9.17) is 4.98 Å². The summed E-state index contributed by atoms with van der Waals surface area (Å²) in [6.07, 6.45) is 3.30. The summed E-state index contributed by atoms with van der Waals surface area (Å²) in [4.78, 5) is 33.5. The van der Waals surface area contributed by atoms with Gasteiger partial charge in [0.25, 0.3) is 5.56 Å². The highest BCUT2D eigenvalue weighted by Gasteiger charge is 2.19. The SMILES string of the molecule is CCCCc1nc2c(c(=O)[nH]c(=O)n2CCc2ccccc2)n1Cc1ccc(-c2ccccc2-c2nn[nH]n2)cc1. The zero-order valence-electron chi connectivity index (χ0n) is 22.7. The summed E-state index contributed by atoms with van der Waals surface area (Å²) in [7, 11) is 0. The molecule has 0 aliphatic rings. The summed E-state index contributed by atoms with van der Waals surface area (Å²) in [5, 5.41) is 14.5. The highest BCUT2D eigenvalue weighted by molar-refractivity contribution is 5.80.